The van der Waals surface area contributed by atoms with Crippen molar-refractivity contribution in [2.45, 2.75) is 11.8 Å². The maximum absolute atomic E-state index is 12.6. The Labute approximate surface area is 189 Å². The zero-order valence-electron chi connectivity index (χ0n) is 17.5. The van der Waals surface area contributed by atoms with Gasteiger partial charge in [-0.1, -0.05) is 6.07 Å². The molecule has 0 saturated heterocycles. The van der Waals surface area contributed by atoms with E-state index in [-0.39, 0.29) is 22.1 Å². The van der Waals surface area contributed by atoms with E-state index >= 15 is 0 Å². The molecule has 0 saturated carbocycles. The summed E-state index contributed by atoms with van der Waals surface area (Å²) in [6.45, 7) is 1.50. The van der Waals surface area contributed by atoms with Gasteiger partial charge in [-0.3, -0.25) is 19.9 Å². The molecule has 33 heavy (non-hydrogen) atoms. The van der Waals surface area contributed by atoms with E-state index in [1.54, 1.807) is 12.1 Å². The topological polar surface area (TPSA) is 150 Å². The van der Waals surface area contributed by atoms with E-state index in [0.29, 0.717) is 16.7 Å². The van der Waals surface area contributed by atoms with E-state index < -0.39 is 20.9 Å². The second-order valence-corrected chi connectivity index (χ2v) is 8.14. The minimum absolute atomic E-state index is 0.0720. The van der Waals surface area contributed by atoms with Gasteiger partial charge in [-0.05, 0) is 48.9 Å². The standard InChI is InChI=1S/C21H18N4O7S/c1-14-5-7-17(11-18(14)25(27)28)33(29,30)32-19-8-6-15(10-20(19)31-2)12-23-24-21(26)16-4-3-9-22-13-16/h3-13H,1-2H3,(H,24,26)/b23-12-. The molecule has 0 bridgehead atoms. The van der Waals surface area contributed by atoms with Gasteiger partial charge >= 0.3 is 10.1 Å². The summed E-state index contributed by atoms with van der Waals surface area (Å²) in [5.74, 6) is -0.510. The molecule has 0 aliphatic carbocycles. The summed E-state index contributed by atoms with van der Waals surface area (Å²) in [7, 11) is -3.06. The molecule has 1 heterocycles. The Kier molecular flexibility index (Phi) is 6.98. The van der Waals surface area contributed by atoms with Gasteiger partial charge in [0.05, 0.1) is 23.8 Å². The van der Waals surface area contributed by atoms with Crippen molar-refractivity contribution < 1.29 is 27.1 Å². The van der Waals surface area contributed by atoms with Crippen molar-refractivity contribution >= 4 is 27.9 Å². The van der Waals surface area contributed by atoms with Crippen LogP contribution in [0.2, 0.25) is 0 Å². The Morgan fingerprint density at radius 2 is 1.97 bits per heavy atom. The Hall–Kier alpha value is -4.32. The van der Waals surface area contributed by atoms with Crippen molar-refractivity contribution in [2.75, 3.05) is 7.11 Å². The van der Waals surface area contributed by atoms with Crippen LogP contribution in [0.15, 0.2) is 70.9 Å². The molecule has 3 rings (SSSR count). The highest BCUT2D eigenvalue weighted by atomic mass is 32.2. The molecule has 0 atom stereocenters. The fraction of sp³-hybridized carbons (Fsp3) is 0.0952. The van der Waals surface area contributed by atoms with Crippen molar-refractivity contribution in [3.05, 3.63) is 87.7 Å². The Morgan fingerprint density at radius 1 is 1.18 bits per heavy atom. The lowest BCUT2D eigenvalue weighted by Gasteiger charge is -2.11. The fourth-order valence-electron chi connectivity index (χ4n) is 2.67. The SMILES string of the molecule is COc1cc(/C=N\NC(=O)c2cccnc2)ccc1OS(=O)(=O)c1ccc(C)c([N+](=O)[O-])c1. The molecule has 1 aromatic heterocycles. The highest BCUT2D eigenvalue weighted by Gasteiger charge is 2.23. The van der Waals surface area contributed by atoms with E-state index in [1.807, 2.05) is 0 Å². The fourth-order valence-corrected chi connectivity index (χ4v) is 3.63. The number of methoxy groups -OCH3 is 1. The van der Waals surface area contributed by atoms with Gasteiger partial charge in [0.1, 0.15) is 4.90 Å². The molecule has 3 aromatic rings. The maximum Gasteiger partial charge on any atom is 0.339 e. The maximum atomic E-state index is 12.6. The minimum atomic E-state index is -4.37. The molecule has 0 aliphatic heterocycles. The highest BCUT2D eigenvalue weighted by molar-refractivity contribution is 7.87. The lowest BCUT2D eigenvalue weighted by Crippen LogP contribution is -2.17. The first-order chi connectivity index (χ1) is 15.7. The molecule has 0 aliphatic rings. The average molecular weight is 470 g/mol. The van der Waals surface area contributed by atoms with Gasteiger partial charge in [-0.2, -0.15) is 13.5 Å². The highest BCUT2D eigenvalue weighted by Crippen LogP contribution is 2.31. The molecule has 2 aromatic carbocycles. The number of carbonyl (C=O) groups excluding carboxylic acids is 1. The summed E-state index contributed by atoms with van der Waals surface area (Å²) in [6.07, 6.45) is 4.26. The summed E-state index contributed by atoms with van der Waals surface area (Å²) in [5, 5.41) is 15.0. The number of pyridine rings is 1. The van der Waals surface area contributed by atoms with Gasteiger partial charge in [-0.15, -0.1) is 0 Å². The molecule has 0 spiro atoms. The lowest BCUT2D eigenvalue weighted by atomic mass is 10.2. The quantitative estimate of drug-likeness (QED) is 0.228. The molecule has 0 radical (unpaired) electrons. The molecule has 1 amide bonds. The number of nitrogens with one attached hydrogen (secondary N) is 1. The smallest absolute Gasteiger partial charge is 0.339 e. The summed E-state index contributed by atoms with van der Waals surface area (Å²) in [5.41, 5.74) is 3.13. The number of benzene rings is 2. The van der Waals surface area contributed by atoms with Crippen LogP contribution < -0.4 is 14.3 Å². The lowest BCUT2D eigenvalue weighted by molar-refractivity contribution is -0.385. The van der Waals surface area contributed by atoms with Crippen LogP contribution in [0.1, 0.15) is 21.5 Å². The molecular weight excluding hydrogens is 452 g/mol. The zero-order chi connectivity index (χ0) is 24.0. The Morgan fingerprint density at radius 3 is 2.64 bits per heavy atom. The number of carbonyl (C=O) groups is 1. The number of nitro groups is 1. The van der Waals surface area contributed by atoms with Gasteiger partial charge in [0.15, 0.2) is 11.5 Å². The number of aryl methyl sites for hydroxylation is 1. The normalized spacial score (nSPS) is 11.2. The van der Waals surface area contributed by atoms with Crippen molar-refractivity contribution in [3.63, 3.8) is 0 Å². The molecule has 12 heteroatoms. The number of aromatic nitrogens is 1. The van der Waals surface area contributed by atoms with E-state index in [2.05, 4.69) is 15.5 Å². The number of nitro benzene ring substituents is 1. The first-order valence-corrected chi connectivity index (χ1v) is 10.7. The molecule has 1 N–H and O–H groups in total. The molecule has 11 nitrogen and oxygen atoms in total. The predicted molar refractivity (Wildman–Crippen MR) is 118 cm³/mol. The molecule has 170 valence electrons. The van der Waals surface area contributed by atoms with Gasteiger partial charge in [0.25, 0.3) is 11.6 Å². The summed E-state index contributed by atoms with van der Waals surface area (Å²) in [4.78, 5) is 25.9. The third-order valence-corrected chi connectivity index (χ3v) is 5.59. The van der Waals surface area contributed by atoms with Crippen molar-refractivity contribution in [2.24, 2.45) is 5.10 Å². The second-order valence-electron chi connectivity index (χ2n) is 6.59. The van der Waals surface area contributed by atoms with Gasteiger partial charge in [-0.25, -0.2) is 5.43 Å². The van der Waals surface area contributed by atoms with Crippen molar-refractivity contribution in [3.8, 4) is 11.5 Å². The van der Waals surface area contributed by atoms with Crippen LogP contribution in [0.3, 0.4) is 0 Å². The second kappa shape index (κ2) is 9.87. The number of hydrogen-bond donors (Lipinski definition) is 1. The van der Waals surface area contributed by atoms with Gasteiger partial charge in [0, 0.05) is 24.0 Å². The van der Waals surface area contributed by atoms with Crippen LogP contribution in [0.4, 0.5) is 5.69 Å². The molecule has 0 unspecified atom stereocenters. The number of hydrazone groups is 1. The minimum Gasteiger partial charge on any atom is -0.493 e. The number of nitrogens with zero attached hydrogens (tertiary/aromatic N) is 3. The van der Waals surface area contributed by atoms with E-state index in [9.17, 15) is 23.3 Å². The third-order valence-electron chi connectivity index (χ3n) is 4.36. The van der Waals surface area contributed by atoms with Gasteiger partial charge < -0.3 is 8.92 Å². The summed E-state index contributed by atoms with van der Waals surface area (Å²) < 4.78 is 35.6. The summed E-state index contributed by atoms with van der Waals surface area (Å²) >= 11 is 0. The van der Waals surface area contributed by atoms with Crippen LogP contribution in [0.5, 0.6) is 11.5 Å². The first kappa shape index (κ1) is 23.3. The van der Waals surface area contributed by atoms with Gasteiger partial charge in [0.2, 0.25) is 0 Å². The van der Waals surface area contributed by atoms with Crippen LogP contribution in [-0.2, 0) is 10.1 Å². The zero-order valence-corrected chi connectivity index (χ0v) is 18.3. The monoisotopic (exact) mass is 470 g/mol. The van der Waals surface area contributed by atoms with Crippen molar-refractivity contribution in [1.82, 2.24) is 10.4 Å². The van der Waals surface area contributed by atoms with Crippen LogP contribution in [0, 0.1) is 17.0 Å². The molecular formula is C21H18N4O7S. The number of rotatable bonds is 8. The third kappa shape index (κ3) is 5.68. The first-order valence-electron chi connectivity index (χ1n) is 9.32. The van der Waals surface area contributed by atoms with Crippen LogP contribution >= 0.6 is 0 Å². The summed E-state index contributed by atoms with van der Waals surface area (Å²) in [6, 6.07) is 10.9. The largest absolute Gasteiger partial charge is 0.493 e. The van der Waals surface area contributed by atoms with E-state index in [1.165, 1.54) is 63.0 Å². The van der Waals surface area contributed by atoms with Crippen molar-refractivity contribution in [1.29, 1.82) is 0 Å². The van der Waals surface area contributed by atoms with Crippen LogP contribution in [0.25, 0.3) is 0 Å². The Balaban J connectivity index is 1.78. The van der Waals surface area contributed by atoms with E-state index in [4.69, 9.17) is 8.92 Å². The number of hydrogen-bond acceptors (Lipinski definition) is 9. The van der Waals surface area contributed by atoms with E-state index in [0.717, 1.165) is 6.07 Å². The number of ether oxygens (including phenoxy) is 1. The van der Waals surface area contributed by atoms with Crippen LogP contribution in [-0.4, -0.2) is 37.6 Å². The molecule has 0 fully saturated rings. The average Bonchev–Trinajstić information content (AvgIpc) is 2.80. The number of amides is 1. The predicted octanol–water partition coefficient (Wildman–Crippen LogP) is 2.84. The Bertz CT molecular complexity index is 1330.